The second kappa shape index (κ2) is 2.76. The van der Waals surface area contributed by atoms with E-state index in [9.17, 15) is 4.57 Å². The van der Waals surface area contributed by atoms with Gasteiger partial charge < -0.3 is 4.57 Å². The summed E-state index contributed by atoms with van der Waals surface area (Å²) < 4.78 is 13.9. The highest BCUT2D eigenvalue weighted by Gasteiger charge is 2.16. The topological polar surface area (TPSA) is 34.9 Å². The van der Waals surface area contributed by atoms with Gasteiger partial charge in [0.05, 0.1) is 5.44 Å². The van der Waals surface area contributed by atoms with Gasteiger partial charge >= 0.3 is 0 Å². The molecule has 1 aromatic rings. The highest BCUT2D eigenvalue weighted by Crippen LogP contribution is 2.34. The van der Waals surface area contributed by atoms with Gasteiger partial charge in [0.15, 0.2) is 0 Å². The Kier molecular flexibility index (Phi) is 2.26. The fraction of sp³-hybridized carbons (Fsp3) is 0.500. The molecule has 1 rings (SSSR count). The minimum absolute atomic E-state index is 0.735. The Labute approximate surface area is 74.3 Å². The SMILES string of the molecule is Cn1nc(Br)cc1P(C)(C)=O. The third-order valence-corrected chi connectivity index (χ3v) is 3.29. The van der Waals surface area contributed by atoms with Crippen LogP contribution in [0.5, 0.6) is 0 Å². The summed E-state index contributed by atoms with van der Waals surface area (Å²) in [6.45, 7) is 3.47. The molecule has 1 heterocycles. The molecule has 0 aliphatic carbocycles. The van der Waals surface area contributed by atoms with Gasteiger partial charge in [0.2, 0.25) is 0 Å². The average molecular weight is 237 g/mol. The lowest BCUT2D eigenvalue weighted by Crippen LogP contribution is -2.13. The van der Waals surface area contributed by atoms with E-state index >= 15 is 0 Å². The first-order chi connectivity index (χ1) is 4.91. The van der Waals surface area contributed by atoms with E-state index < -0.39 is 7.14 Å². The van der Waals surface area contributed by atoms with Crippen molar-refractivity contribution in [3.05, 3.63) is 10.7 Å². The molecule has 0 unspecified atom stereocenters. The van der Waals surface area contributed by atoms with Crippen LogP contribution in [0, 0.1) is 0 Å². The van der Waals surface area contributed by atoms with Gasteiger partial charge in [-0.1, -0.05) is 0 Å². The molecule has 3 nitrogen and oxygen atoms in total. The molecule has 1 aromatic heterocycles. The van der Waals surface area contributed by atoms with Crippen molar-refractivity contribution in [2.45, 2.75) is 0 Å². The first kappa shape index (κ1) is 9.01. The van der Waals surface area contributed by atoms with E-state index in [4.69, 9.17) is 0 Å². The van der Waals surface area contributed by atoms with E-state index in [1.807, 2.05) is 0 Å². The third-order valence-electron chi connectivity index (χ3n) is 1.38. The quantitative estimate of drug-likeness (QED) is 0.692. The fourth-order valence-electron chi connectivity index (χ4n) is 0.927. The highest BCUT2D eigenvalue weighted by molar-refractivity contribution is 9.10. The standard InChI is InChI=1S/C6H10BrN2OP/c1-9-6(11(2,3)10)4-5(7)8-9/h4H,1-3H3. The molecule has 0 radical (unpaired) electrons. The number of hydrogen-bond donors (Lipinski definition) is 0. The first-order valence-electron chi connectivity index (χ1n) is 3.16. The first-order valence-corrected chi connectivity index (χ1v) is 6.56. The lowest BCUT2D eigenvalue weighted by molar-refractivity contribution is 0.586. The van der Waals surface area contributed by atoms with Crippen molar-refractivity contribution in [3.8, 4) is 0 Å². The van der Waals surface area contributed by atoms with Gasteiger partial charge in [-0.25, -0.2) is 0 Å². The van der Waals surface area contributed by atoms with Crippen LogP contribution in [0.25, 0.3) is 0 Å². The molecule has 62 valence electrons. The molecule has 5 heteroatoms. The van der Waals surface area contributed by atoms with Crippen LogP contribution in [0.15, 0.2) is 10.7 Å². The van der Waals surface area contributed by atoms with Gasteiger partial charge in [-0.05, 0) is 29.3 Å². The molecule has 0 fully saturated rings. The van der Waals surface area contributed by atoms with Crippen LogP contribution in [-0.4, -0.2) is 23.1 Å². The number of nitrogens with zero attached hydrogens (tertiary/aromatic N) is 2. The maximum Gasteiger partial charge on any atom is 0.128 e. The molecule has 11 heavy (non-hydrogen) atoms. The molecule has 0 aliphatic heterocycles. The number of aryl methyl sites for hydroxylation is 1. The second-order valence-electron chi connectivity index (χ2n) is 2.80. The second-order valence-corrected chi connectivity index (χ2v) is 6.77. The molecule has 0 saturated carbocycles. The zero-order valence-corrected chi connectivity index (χ0v) is 9.19. The summed E-state index contributed by atoms with van der Waals surface area (Å²) in [6, 6.07) is 1.79. The Morgan fingerprint density at radius 1 is 1.64 bits per heavy atom. The average Bonchev–Trinajstić information content (AvgIpc) is 2.08. The molecular formula is C6H10BrN2OP. The zero-order valence-electron chi connectivity index (χ0n) is 6.71. The smallest absolute Gasteiger partial charge is 0.128 e. The normalized spacial score (nSPS) is 12.0. The Morgan fingerprint density at radius 2 is 2.18 bits per heavy atom. The van der Waals surface area contributed by atoms with Gasteiger partial charge in [0.1, 0.15) is 11.7 Å². The maximum absolute atomic E-state index is 11.6. The number of hydrogen-bond acceptors (Lipinski definition) is 2. The summed E-state index contributed by atoms with van der Waals surface area (Å²) >= 11 is 3.22. The third kappa shape index (κ3) is 1.94. The van der Waals surface area contributed by atoms with Crippen LogP contribution in [0.2, 0.25) is 0 Å². The van der Waals surface area contributed by atoms with E-state index in [0.717, 1.165) is 10.0 Å². The van der Waals surface area contributed by atoms with Crippen LogP contribution in [-0.2, 0) is 11.6 Å². The molecule has 0 atom stereocenters. The summed E-state index contributed by atoms with van der Waals surface area (Å²) in [7, 11) is -0.373. The summed E-state index contributed by atoms with van der Waals surface area (Å²) in [5.41, 5.74) is 0.796. The highest BCUT2D eigenvalue weighted by atomic mass is 79.9. The molecular weight excluding hydrogens is 227 g/mol. The van der Waals surface area contributed by atoms with E-state index in [-0.39, 0.29) is 0 Å². The van der Waals surface area contributed by atoms with Crippen LogP contribution < -0.4 is 5.44 Å². The lowest BCUT2D eigenvalue weighted by Gasteiger charge is -2.04. The van der Waals surface area contributed by atoms with Crippen molar-refractivity contribution in [1.29, 1.82) is 0 Å². The molecule has 0 aliphatic rings. The van der Waals surface area contributed by atoms with Crippen LogP contribution in [0.4, 0.5) is 0 Å². The number of aromatic nitrogens is 2. The maximum atomic E-state index is 11.6. The van der Waals surface area contributed by atoms with Crippen molar-refractivity contribution in [2.24, 2.45) is 7.05 Å². The molecule has 0 saturated heterocycles. The van der Waals surface area contributed by atoms with Crippen molar-refractivity contribution in [2.75, 3.05) is 13.3 Å². The van der Waals surface area contributed by atoms with Crippen molar-refractivity contribution >= 4 is 28.5 Å². The molecule has 0 bridgehead atoms. The fourth-order valence-corrected chi connectivity index (χ4v) is 2.73. The van der Waals surface area contributed by atoms with E-state index in [1.165, 1.54) is 0 Å². The van der Waals surface area contributed by atoms with Gasteiger partial charge in [-0.15, -0.1) is 0 Å². The predicted octanol–water partition coefficient (Wildman–Crippen LogP) is 1.43. The van der Waals surface area contributed by atoms with Gasteiger partial charge in [0, 0.05) is 13.1 Å². The van der Waals surface area contributed by atoms with E-state index in [2.05, 4.69) is 21.0 Å². The minimum Gasteiger partial charge on any atom is -0.318 e. The van der Waals surface area contributed by atoms with E-state index in [0.29, 0.717) is 0 Å². The summed E-state index contributed by atoms with van der Waals surface area (Å²) in [5, 5.41) is 4.04. The van der Waals surface area contributed by atoms with Gasteiger partial charge in [0.25, 0.3) is 0 Å². The summed E-state index contributed by atoms with van der Waals surface area (Å²) in [4.78, 5) is 0. The lowest BCUT2D eigenvalue weighted by atomic mass is 10.7. The monoisotopic (exact) mass is 236 g/mol. The number of halogens is 1. The zero-order chi connectivity index (χ0) is 8.65. The van der Waals surface area contributed by atoms with Crippen molar-refractivity contribution in [3.63, 3.8) is 0 Å². The Balaban J connectivity index is 3.24. The van der Waals surface area contributed by atoms with Gasteiger partial charge in [-0.3, -0.25) is 4.68 Å². The van der Waals surface area contributed by atoms with Crippen molar-refractivity contribution < 1.29 is 4.57 Å². The van der Waals surface area contributed by atoms with Crippen molar-refractivity contribution in [1.82, 2.24) is 9.78 Å². The predicted molar refractivity (Wildman–Crippen MR) is 50.0 cm³/mol. The van der Waals surface area contributed by atoms with Crippen LogP contribution in [0.1, 0.15) is 0 Å². The Morgan fingerprint density at radius 3 is 2.36 bits per heavy atom. The van der Waals surface area contributed by atoms with E-state index in [1.54, 1.807) is 31.1 Å². The molecule has 0 N–H and O–H groups in total. The Bertz CT molecular complexity index is 314. The molecule has 0 spiro atoms. The summed E-state index contributed by atoms with van der Waals surface area (Å²) in [6.07, 6.45) is 0. The number of rotatable bonds is 1. The van der Waals surface area contributed by atoms with Gasteiger partial charge in [-0.2, -0.15) is 5.10 Å². The largest absolute Gasteiger partial charge is 0.318 e. The molecule has 0 aromatic carbocycles. The van der Waals surface area contributed by atoms with Crippen LogP contribution in [0.3, 0.4) is 0 Å². The summed E-state index contributed by atoms with van der Waals surface area (Å²) in [5.74, 6) is 0. The molecule has 0 amide bonds. The Hall–Kier alpha value is -0.0800. The van der Waals surface area contributed by atoms with Crippen LogP contribution >= 0.6 is 23.1 Å². The minimum atomic E-state index is -2.16.